The Bertz CT molecular complexity index is 411. The molecule has 2 heteroatoms. The average molecular weight is 290 g/mol. The molecule has 1 unspecified atom stereocenters. The summed E-state index contributed by atoms with van der Waals surface area (Å²) in [5, 5.41) is 3.72. The average Bonchev–Trinajstić information content (AvgIpc) is 2.30. The third kappa shape index (κ3) is 7.10. The topological polar surface area (TPSA) is 15.3 Å². The number of hydrogen-bond donors (Lipinski definition) is 1. The molecule has 0 spiro atoms. The first-order chi connectivity index (χ1) is 9.71. The van der Waals surface area contributed by atoms with Gasteiger partial charge in [0.25, 0.3) is 0 Å². The SMILES string of the molecule is CCCNC(CN(C)CC(C)(C)C)c1cc(C)cc(C)c1. The Hall–Kier alpha value is -0.860. The molecule has 1 aromatic carbocycles. The van der Waals surface area contributed by atoms with Gasteiger partial charge in [-0.1, -0.05) is 57.0 Å². The number of likely N-dealkylation sites (N-methyl/N-ethyl adjacent to an activating group) is 1. The molecule has 0 aliphatic heterocycles. The second-order valence-corrected chi connectivity index (χ2v) is 7.69. The van der Waals surface area contributed by atoms with Gasteiger partial charge in [-0.25, -0.2) is 0 Å². The lowest BCUT2D eigenvalue weighted by Gasteiger charge is -2.30. The molecule has 0 saturated heterocycles. The molecular weight excluding hydrogens is 256 g/mol. The Morgan fingerprint density at radius 2 is 1.67 bits per heavy atom. The van der Waals surface area contributed by atoms with E-state index < -0.39 is 0 Å². The number of aryl methyl sites for hydroxylation is 2. The summed E-state index contributed by atoms with van der Waals surface area (Å²) in [6.07, 6.45) is 1.17. The molecule has 1 N–H and O–H groups in total. The van der Waals surface area contributed by atoms with Crippen LogP contribution in [0, 0.1) is 19.3 Å². The summed E-state index contributed by atoms with van der Waals surface area (Å²) < 4.78 is 0. The first-order valence-corrected chi connectivity index (χ1v) is 8.21. The Morgan fingerprint density at radius 3 is 2.14 bits per heavy atom. The smallest absolute Gasteiger partial charge is 0.0449 e. The van der Waals surface area contributed by atoms with Gasteiger partial charge < -0.3 is 10.2 Å². The van der Waals surface area contributed by atoms with Crippen LogP contribution in [-0.2, 0) is 0 Å². The van der Waals surface area contributed by atoms with Gasteiger partial charge in [-0.15, -0.1) is 0 Å². The van der Waals surface area contributed by atoms with Gasteiger partial charge in [-0.2, -0.15) is 0 Å². The summed E-state index contributed by atoms with van der Waals surface area (Å²) in [5.41, 5.74) is 4.47. The Balaban J connectivity index is 2.84. The van der Waals surface area contributed by atoms with Gasteiger partial charge in [-0.3, -0.25) is 0 Å². The Labute approximate surface area is 131 Å². The van der Waals surface area contributed by atoms with Crippen molar-refractivity contribution in [2.75, 3.05) is 26.7 Å². The highest BCUT2D eigenvalue weighted by molar-refractivity contribution is 5.31. The van der Waals surface area contributed by atoms with Crippen LogP contribution in [0.3, 0.4) is 0 Å². The lowest BCUT2D eigenvalue weighted by Crippen LogP contribution is -2.37. The summed E-state index contributed by atoms with van der Waals surface area (Å²) in [5.74, 6) is 0. The molecule has 0 saturated carbocycles. The van der Waals surface area contributed by atoms with Crippen molar-refractivity contribution in [3.63, 3.8) is 0 Å². The summed E-state index contributed by atoms with van der Waals surface area (Å²) in [4.78, 5) is 2.45. The van der Waals surface area contributed by atoms with Crippen LogP contribution in [0.1, 0.15) is 56.8 Å². The van der Waals surface area contributed by atoms with Gasteiger partial charge in [0.05, 0.1) is 0 Å². The summed E-state index contributed by atoms with van der Waals surface area (Å²) in [7, 11) is 2.23. The van der Waals surface area contributed by atoms with Gasteiger partial charge in [-0.05, 0) is 44.8 Å². The zero-order valence-corrected chi connectivity index (χ0v) is 15.1. The number of rotatable bonds is 7. The fourth-order valence-corrected chi connectivity index (χ4v) is 3.00. The number of nitrogens with one attached hydrogen (secondary N) is 1. The molecule has 2 nitrogen and oxygen atoms in total. The Morgan fingerprint density at radius 1 is 1.10 bits per heavy atom. The lowest BCUT2D eigenvalue weighted by atomic mass is 9.95. The molecule has 21 heavy (non-hydrogen) atoms. The third-order valence-electron chi connectivity index (χ3n) is 3.53. The van der Waals surface area contributed by atoms with Crippen LogP contribution in [0.4, 0.5) is 0 Å². The lowest BCUT2D eigenvalue weighted by molar-refractivity contribution is 0.208. The maximum Gasteiger partial charge on any atom is 0.0449 e. The van der Waals surface area contributed by atoms with Gasteiger partial charge >= 0.3 is 0 Å². The summed E-state index contributed by atoms with van der Waals surface area (Å²) in [6, 6.07) is 7.31. The van der Waals surface area contributed by atoms with Gasteiger partial charge in [0.1, 0.15) is 0 Å². The van der Waals surface area contributed by atoms with Crippen molar-refractivity contribution >= 4 is 0 Å². The molecule has 1 rings (SSSR count). The molecule has 0 aromatic heterocycles. The fourth-order valence-electron chi connectivity index (χ4n) is 3.00. The summed E-state index contributed by atoms with van der Waals surface area (Å²) >= 11 is 0. The molecule has 1 atom stereocenters. The van der Waals surface area contributed by atoms with Crippen LogP contribution in [0.2, 0.25) is 0 Å². The highest BCUT2D eigenvalue weighted by Gasteiger charge is 2.18. The predicted octanol–water partition coefficient (Wildman–Crippen LogP) is 4.32. The standard InChI is InChI=1S/C19H34N2/c1-8-9-20-18(13-21(7)14-19(4,5)6)17-11-15(2)10-16(3)12-17/h10-12,18,20H,8-9,13-14H2,1-7H3. The monoisotopic (exact) mass is 290 g/mol. The number of nitrogens with zero attached hydrogens (tertiary/aromatic N) is 1. The molecule has 0 aliphatic rings. The quantitative estimate of drug-likeness (QED) is 0.804. The van der Waals surface area contributed by atoms with Crippen molar-refractivity contribution in [1.82, 2.24) is 10.2 Å². The molecule has 120 valence electrons. The first kappa shape index (κ1) is 18.2. The van der Waals surface area contributed by atoms with E-state index in [0.717, 1.165) is 19.6 Å². The van der Waals surface area contributed by atoms with Crippen LogP contribution >= 0.6 is 0 Å². The van der Waals surface area contributed by atoms with Crippen LogP contribution in [0.15, 0.2) is 18.2 Å². The second kappa shape index (κ2) is 7.95. The first-order valence-electron chi connectivity index (χ1n) is 8.21. The zero-order chi connectivity index (χ0) is 16.0. The molecule has 0 heterocycles. The number of benzene rings is 1. The van der Waals surface area contributed by atoms with E-state index in [1.54, 1.807) is 0 Å². The van der Waals surface area contributed by atoms with Crippen molar-refractivity contribution in [1.29, 1.82) is 0 Å². The Kier molecular flexibility index (Phi) is 6.89. The van der Waals surface area contributed by atoms with Crippen LogP contribution in [0.25, 0.3) is 0 Å². The predicted molar refractivity (Wildman–Crippen MR) is 93.9 cm³/mol. The largest absolute Gasteiger partial charge is 0.309 e. The third-order valence-corrected chi connectivity index (χ3v) is 3.53. The maximum absolute atomic E-state index is 3.72. The minimum Gasteiger partial charge on any atom is -0.309 e. The van der Waals surface area contributed by atoms with Crippen LogP contribution < -0.4 is 5.32 Å². The van der Waals surface area contributed by atoms with E-state index >= 15 is 0 Å². The minimum atomic E-state index is 0.340. The zero-order valence-electron chi connectivity index (χ0n) is 15.1. The van der Waals surface area contributed by atoms with Crippen molar-refractivity contribution in [2.45, 2.75) is 54.0 Å². The highest BCUT2D eigenvalue weighted by atomic mass is 15.1. The van der Waals surface area contributed by atoms with Crippen LogP contribution in [0.5, 0.6) is 0 Å². The van der Waals surface area contributed by atoms with E-state index in [9.17, 15) is 0 Å². The molecule has 0 radical (unpaired) electrons. The normalized spacial score (nSPS) is 13.7. The molecular formula is C19H34N2. The molecule has 0 amide bonds. The number of hydrogen-bond acceptors (Lipinski definition) is 2. The van der Waals surface area contributed by atoms with E-state index in [4.69, 9.17) is 0 Å². The second-order valence-electron chi connectivity index (χ2n) is 7.69. The van der Waals surface area contributed by atoms with Crippen molar-refractivity contribution < 1.29 is 0 Å². The maximum atomic E-state index is 3.72. The van der Waals surface area contributed by atoms with Crippen LogP contribution in [-0.4, -0.2) is 31.6 Å². The molecule has 0 bridgehead atoms. The minimum absolute atomic E-state index is 0.340. The molecule has 0 aliphatic carbocycles. The molecule has 1 aromatic rings. The van der Waals surface area contributed by atoms with Crippen molar-refractivity contribution in [2.24, 2.45) is 5.41 Å². The van der Waals surface area contributed by atoms with Gasteiger partial charge in [0, 0.05) is 19.1 Å². The van der Waals surface area contributed by atoms with E-state index in [2.05, 4.69) is 77.0 Å². The van der Waals surface area contributed by atoms with E-state index in [1.807, 2.05) is 0 Å². The van der Waals surface area contributed by atoms with Gasteiger partial charge in [0.2, 0.25) is 0 Å². The fraction of sp³-hybridized carbons (Fsp3) is 0.684. The van der Waals surface area contributed by atoms with Gasteiger partial charge in [0.15, 0.2) is 0 Å². The van der Waals surface area contributed by atoms with E-state index in [0.29, 0.717) is 11.5 Å². The van der Waals surface area contributed by atoms with E-state index in [1.165, 1.54) is 23.1 Å². The van der Waals surface area contributed by atoms with Crippen molar-refractivity contribution in [3.05, 3.63) is 34.9 Å². The molecule has 0 fully saturated rings. The van der Waals surface area contributed by atoms with E-state index in [-0.39, 0.29) is 0 Å². The summed E-state index contributed by atoms with van der Waals surface area (Å²) in [6.45, 7) is 16.7. The highest BCUT2D eigenvalue weighted by Crippen LogP contribution is 2.20. The van der Waals surface area contributed by atoms with Crippen molar-refractivity contribution in [3.8, 4) is 0 Å².